The lowest BCUT2D eigenvalue weighted by Gasteiger charge is -2.40. The summed E-state index contributed by atoms with van der Waals surface area (Å²) in [6.45, 7) is 8.37. The highest BCUT2D eigenvalue weighted by Gasteiger charge is 2.36. The molecule has 106 valence electrons. The van der Waals surface area contributed by atoms with Crippen LogP contribution in [-0.4, -0.2) is 36.6 Å². The van der Waals surface area contributed by atoms with Crippen molar-refractivity contribution < 1.29 is 14.6 Å². The van der Waals surface area contributed by atoms with Crippen LogP contribution in [0.5, 0.6) is 0 Å². The minimum atomic E-state index is -0.287. The van der Waals surface area contributed by atoms with Crippen molar-refractivity contribution in [2.24, 2.45) is 11.3 Å². The Labute approximate surface area is 111 Å². The van der Waals surface area contributed by atoms with Crippen molar-refractivity contribution in [3.05, 3.63) is 0 Å². The molecule has 2 rings (SSSR count). The van der Waals surface area contributed by atoms with E-state index in [-0.39, 0.29) is 18.3 Å². The smallest absolute Gasteiger partial charge is 0.0838 e. The van der Waals surface area contributed by atoms with Gasteiger partial charge >= 0.3 is 0 Å². The molecule has 1 saturated heterocycles. The van der Waals surface area contributed by atoms with Crippen LogP contribution in [-0.2, 0) is 9.47 Å². The zero-order valence-electron chi connectivity index (χ0n) is 12.0. The van der Waals surface area contributed by atoms with E-state index in [1.165, 1.54) is 0 Å². The summed E-state index contributed by atoms with van der Waals surface area (Å²) in [7, 11) is 0. The van der Waals surface area contributed by atoms with Crippen LogP contribution in [0, 0.1) is 11.3 Å². The van der Waals surface area contributed by atoms with Gasteiger partial charge in [-0.1, -0.05) is 20.8 Å². The summed E-state index contributed by atoms with van der Waals surface area (Å²) in [5, 5.41) is 10.1. The second kappa shape index (κ2) is 5.89. The first-order chi connectivity index (χ1) is 8.47. The van der Waals surface area contributed by atoms with Gasteiger partial charge in [-0.15, -0.1) is 0 Å². The molecule has 1 aliphatic heterocycles. The Morgan fingerprint density at radius 3 is 2.61 bits per heavy atom. The van der Waals surface area contributed by atoms with Gasteiger partial charge in [0.15, 0.2) is 0 Å². The topological polar surface area (TPSA) is 38.7 Å². The van der Waals surface area contributed by atoms with E-state index in [0.29, 0.717) is 17.9 Å². The fourth-order valence-electron chi connectivity index (χ4n) is 3.09. The van der Waals surface area contributed by atoms with Crippen molar-refractivity contribution in [3.8, 4) is 0 Å². The van der Waals surface area contributed by atoms with Gasteiger partial charge in [-0.05, 0) is 43.4 Å². The summed E-state index contributed by atoms with van der Waals surface area (Å²) in [5.74, 6) is 0.649. The quantitative estimate of drug-likeness (QED) is 0.844. The molecule has 0 amide bonds. The predicted octanol–water partition coefficient (Wildman–Crippen LogP) is 2.76. The molecule has 0 aromatic heterocycles. The van der Waals surface area contributed by atoms with Crippen LogP contribution in [0.3, 0.4) is 0 Å². The van der Waals surface area contributed by atoms with Crippen molar-refractivity contribution in [2.75, 3.05) is 13.2 Å². The zero-order chi connectivity index (χ0) is 13.2. The predicted molar refractivity (Wildman–Crippen MR) is 71.5 cm³/mol. The van der Waals surface area contributed by atoms with Crippen molar-refractivity contribution in [1.29, 1.82) is 0 Å². The standard InChI is InChI=1S/C15H28O3/c1-15(2,3)11-6-7-13(16)14(9-11)18-10-12-5-4-8-17-12/h11-14,16H,4-10H2,1-3H3. The van der Waals surface area contributed by atoms with E-state index in [0.717, 1.165) is 38.7 Å². The summed E-state index contributed by atoms with van der Waals surface area (Å²) < 4.78 is 11.5. The third-order valence-electron chi connectivity index (χ3n) is 4.50. The summed E-state index contributed by atoms with van der Waals surface area (Å²) in [4.78, 5) is 0. The fraction of sp³-hybridized carbons (Fsp3) is 1.00. The van der Waals surface area contributed by atoms with Crippen LogP contribution in [0.15, 0.2) is 0 Å². The molecule has 1 heterocycles. The van der Waals surface area contributed by atoms with Gasteiger partial charge in [0, 0.05) is 6.61 Å². The molecule has 4 atom stereocenters. The lowest BCUT2D eigenvalue weighted by molar-refractivity contribution is -0.104. The fourth-order valence-corrected chi connectivity index (χ4v) is 3.09. The van der Waals surface area contributed by atoms with E-state index in [1.807, 2.05) is 0 Å². The molecule has 18 heavy (non-hydrogen) atoms. The maximum Gasteiger partial charge on any atom is 0.0838 e. The molecule has 1 saturated carbocycles. The first-order valence-corrected chi connectivity index (χ1v) is 7.38. The molecule has 4 unspecified atom stereocenters. The van der Waals surface area contributed by atoms with Gasteiger partial charge in [-0.2, -0.15) is 0 Å². The van der Waals surface area contributed by atoms with Crippen molar-refractivity contribution in [1.82, 2.24) is 0 Å². The summed E-state index contributed by atoms with van der Waals surface area (Å²) in [6.07, 6.45) is 5.20. The largest absolute Gasteiger partial charge is 0.390 e. The molecule has 0 bridgehead atoms. The average molecular weight is 256 g/mol. The highest BCUT2D eigenvalue weighted by Crippen LogP contribution is 2.39. The number of rotatable bonds is 3. The first kappa shape index (κ1) is 14.3. The van der Waals surface area contributed by atoms with Crippen molar-refractivity contribution in [3.63, 3.8) is 0 Å². The molecule has 2 fully saturated rings. The Kier molecular flexibility index (Phi) is 4.68. The van der Waals surface area contributed by atoms with Gasteiger partial charge in [0.25, 0.3) is 0 Å². The molecule has 0 aromatic rings. The van der Waals surface area contributed by atoms with Gasteiger partial charge in [-0.25, -0.2) is 0 Å². The van der Waals surface area contributed by atoms with Crippen molar-refractivity contribution in [2.45, 2.75) is 71.2 Å². The van der Waals surface area contributed by atoms with Gasteiger partial charge in [0.2, 0.25) is 0 Å². The Morgan fingerprint density at radius 1 is 1.22 bits per heavy atom. The Morgan fingerprint density at radius 2 is 2.00 bits per heavy atom. The van der Waals surface area contributed by atoms with E-state index < -0.39 is 0 Å². The average Bonchev–Trinajstić information content (AvgIpc) is 2.79. The maximum atomic E-state index is 10.1. The van der Waals surface area contributed by atoms with E-state index in [1.54, 1.807) is 0 Å². The third kappa shape index (κ3) is 3.69. The highest BCUT2D eigenvalue weighted by molar-refractivity contribution is 4.86. The Hall–Kier alpha value is -0.120. The van der Waals surface area contributed by atoms with Crippen molar-refractivity contribution >= 4 is 0 Å². The van der Waals surface area contributed by atoms with E-state index in [4.69, 9.17) is 9.47 Å². The first-order valence-electron chi connectivity index (χ1n) is 7.38. The van der Waals surface area contributed by atoms with Crippen LogP contribution < -0.4 is 0 Å². The maximum absolute atomic E-state index is 10.1. The van der Waals surface area contributed by atoms with Crippen LogP contribution >= 0.6 is 0 Å². The number of ether oxygens (including phenoxy) is 2. The van der Waals surface area contributed by atoms with Crippen LogP contribution in [0.1, 0.15) is 52.9 Å². The minimum Gasteiger partial charge on any atom is -0.390 e. The number of hydrogen-bond donors (Lipinski definition) is 1. The van der Waals surface area contributed by atoms with Gasteiger partial charge in [0.05, 0.1) is 24.9 Å². The molecule has 0 radical (unpaired) electrons. The van der Waals surface area contributed by atoms with Gasteiger partial charge in [0.1, 0.15) is 0 Å². The molecule has 3 heteroatoms. The Balaban J connectivity index is 1.81. The molecule has 1 N–H and O–H groups in total. The zero-order valence-corrected chi connectivity index (χ0v) is 12.0. The number of hydrogen-bond acceptors (Lipinski definition) is 3. The third-order valence-corrected chi connectivity index (χ3v) is 4.50. The summed E-state index contributed by atoms with van der Waals surface area (Å²) in [6, 6.07) is 0. The van der Waals surface area contributed by atoms with Crippen LogP contribution in [0.4, 0.5) is 0 Å². The van der Waals surface area contributed by atoms with Crippen LogP contribution in [0.2, 0.25) is 0 Å². The second-order valence-electron chi connectivity index (χ2n) is 6.95. The normalized spacial score (nSPS) is 38.0. The monoisotopic (exact) mass is 256 g/mol. The van der Waals surface area contributed by atoms with Crippen LogP contribution in [0.25, 0.3) is 0 Å². The molecular formula is C15H28O3. The summed E-state index contributed by atoms with van der Waals surface area (Å²) in [5.41, 5.74) is 0.311. The molecule has 3 nitrogen and oxygen atoms in total. The molecule has 0 aromatic carbocycles. The molecule has 1 aliphatic carbocycles. The summed E-state index contributed by atoms with van der Waals surface area (Å²) >= 11 is 0. The number of aliphatic hydroxyl groups is 1. The van der Waals surface area contributed by atoms with E-state index in [2.05, 4.69) is 20.8 Å². The SMILES string of the molecule is CC(C)(C)C1CCC(O)C(OCC2CCCO2)C1. The number of aliphatic hydroxyl groups excluding tert-OH is 1. The minimum absolute atomic E-state index is 0.00664. The lowest BCUT2D eigenvalue weighted by Crippen LogP contribution is -2.40. The second-order valence-corrected chi connectivity index (χ2v) is 6.95. The Bertz CT molecular complexity index is 253. The highest BCUT2D eigenvalue weighted by atomic mass is 16.5. The lowest BCUT2D eigenvalue weighted by atomic mass is 9.71. The molecule has 2 aliphatic rings. The van der Waals surface area contributed by atoms with Gasteiger partial charge < -0.3 is 14.6 Å². The molecular weight excluding hydrogens is 228 g/mol. The van der Waals surface area contributed by atoms with E-state index >= 15 is 0 Å². The molecule has 0 spiro atoms. The van der Waals surface area contributed by atoms with E-state index in [9.17, 15) is 5.11 Å². The van der Waals surface area contributed by atoms with Gasteiger partial charge in [-0.3, -0.25) is 0 Å².